The Kier molecular flexibility index (Phi) is 3.77. The predicted molar refractivity (Wildman–Crippen MR) is 67.3 cm³/mol. The number of aromatic nitrogens is 3. The Morgan fingerprint density at radius 2 is 2.18 bits per heavy atom. The lowest BCUT2D eigenvalue weighted by molar-refractivity contribution is 0.631. The molecule has 0 aliphatic carbocycles. The highest BCUT2D eigenvalue weighted by atomic mass is 14.9. The Morgan fingerprint density at radius 1 is 1.29 bits per heavy atom. The summed E-state index contributed by atoms with van der Waals surface area (Å²) in [5, 5.41) is 0. The quantitative estimate of drug-likeness (QED) is 0.869. The Hall–Kier alpha value is -1.81. The second kappa shape index (κ2) is 5.50. The minimum atomic E-state index is 0.228. The maximum Gasteiger partial charge on any atom is 0.133 e. The monoisotopic (exact) mass is 228 g/mol. The van der Waals surface area contributed by atoms with Gasteiger partial charge in [0, 0.05) is 36.6 Å². The minimum absolute atomic E-state index is 0.228. The molecule has 0 aliphatic rings. The van der Waals surface area contributed by atoms with E-state index in [1.165, 1.54) is 0 Å². The van der Waals surface area contributed by atoms with Crippen LogP contribution in [-0.4, -0.2) is 21.5 Å². The van der Waals surface area contributed by atoms with Gasteiger partial charge in [-0.05, 0) is 24.6 Å². The number of nitrogens with two attached hydrogens (primary N) is 1. The van der Waals surface area contributed by atoms with Crippen LogP contribution in [0.2, 0.25) is 0 Å². The lowest BCUT2D eigenvalue weighted by Gasteiger charge is -2.11. The van der Waals surface area contributed by atoms with Crippen LogP contribution in [0.5, 0.6) is 0 Å². The summed E-state index contributed by atoms with van der Waals surface area (Å²) < 4.78 is 0. The van der Waals surface area contributed by atoms with Gasteiger partial charge in [0.25, 0.3) is 0 Å². The molecular weight excluding hydrogens is 212 g/mol. The standard InChI is InChI=1S/C13H16N4/c1-2-10(8-14)13-16-7-5-12(17-13)11-4-3-6-15-9-11/h3-7,9-10H,2,8,14H2,1H3. The molecule has 2 aromatic rings. The molecule has 2 heterocycles. The third-order valence-corrected chi connectivity index (χ3v) is 2.77. The molecule has 2 N–H and O–H groups in total. The normalized spacial score (nSPS) is 12.4. The van der Waals surface area contributed by atoms with Gasteiger partial charge in [-0.3, -0.25) is 4.98 Å². The van der Waals surface area contributed by atoms with Crippen LogP contribution in [-0.2, 0) is 0 Å². The van der Waals surface area contributed by atoms with Gasteiger partial charge in [0.1, 0.15) is 5.82 Å². The Bertz CT molecular complexity index is 466. The lowest BCUT2D eigenvalue weighted by Crippen LogP contribution is -2.14. The maximum absolute atomic E-state index is 5.71. The van der Waals surface area contributed by atoms with Gasteiger partial charge in [0.15, 0.2) is 0 Å². The van der Waals surface area contributed by atoms with Crippen LogP contribution in [0.4, 0.5) is 0 Å². The first-order chi connectivity index (χ1) is 8.35. The molecular formula is C13H16N4. The summed E-state index contributed by atoms with van der Waals surface area (Å²) in [6, 6.07) is 5.78. The molecule has 0 fully saturated rings. The summed E-state index contributed by atoms with van der Waals surface area (Å²) >= 11 is 0. The van der Waals surface area contributed by atoms with Crippen LogP contribution in [0, 0.1) is 0 Å². The summed E-state index contributed by atoms with van der Waals surface area (Å²) in [6.07, 6.45) is 6.28. The second-order valence-corrected chi connectivity index (χ2v) is 3.88. The third-order valence-electron chi connectivity index (χ3n) is 2.77. The Morgan fingerprint density at radius 3 is 2.82 bits per heavy atom. The first kappa shape index (κ1) is 11.7. The van der Waals surface area contributed by atoms with Crippen molar-refractivity contribution in [2.24, 2.45) is 5.73 Å². The van der Waals surface area contributed by atoms with Crippen molar-refractivity contribution in [3.63, 3.8) is 0 Å². The molecule has 0 spiro atoms. The van der Waals surface area contributed by atoms with Crippen molar-refractivity contribution in [1.82, 2.24) is 15.0 Å². The fraction of sp³-hybridized carbons (Fsp3) is 0.308. The molecule has 2 rings (SSSR count). The summed E-state index contributed by atoms with van der Waals surface area (Å²) in [4.78, 5) is 12.9. The number of hydrogen-bond donors (Lipinski definition) is 1. The van der Waals surface area contributed by atoms with Crippen LogP contribution in [0.15, 0.2) is 36.8 Å². The van der Waals surface area contributed by atoms with Crippen molar-refractivity contribution in [1.29, 1.82) is 0 Å². The average molecular weight is 228 g/mol. The minimum Gasteiger partial charge on any atom is -0.330 e. The van der Waals surface area contributed by atoms with E-state index < -0.39 is 0 Å². The number of hydrogen-bond acceptors (Lipinski definition) is 4. The second-order valence-electron chi connectivity index (χ2n) is 3.88. The molecule has 1 unspecified atom stereocenters. The van der Waals surface area contributed by atoms with Gasteiger partial charge >= 0.3 is 0 Å². The van der Waals surface area contributed by atoms with Crippen molar-refractivity contribution < 1.29 is 0 Å². The van der Waals surface area contributed by atoms with Gasteiger partial charge in [-0.15, -0.1) is 0 Å². The molecule has 0 aromatic carbocycles. The van der Waals surface area contributed by atoms with Crippen LogP contribution in [0.1, 0.15) is 25.1 Å². The molecule has 2 aromatic heterocycles. The molecule has 1 atom stereocenters. The smallest absolute Gasteiger partial charge is 0.133 e. The highest BCUT2D eigenvalue weighted by Gasteiger charge is 2.11. The van der Waals surface area contributed by atoms with E-state index in [2.05, 4.69) is 21.9 Å². The Labute approximate surface area is 101 Å². The van der Waals surface area contributed by atoms with Crippen molar-refractivity contribution in [2.45, 2.75) is 19.3 Å². The molecule has 17 heavy (non-hydrogen) atoms. The molecule has 88 valence electrons. The average Bonchev–Trinajstić information content (AvgIpc) is 2.42. The number of nitrogens with zero attached hydrogens (tertiary/aromatic N) is 3. The van der Waals surface area contributed by atoms with Gasteiger partial charge in [-0.25, -0.2) is 9.97 Å². The number of rotatable bonds is 4. The molecule has 0 saturated carbocycles. The van der Waals surface area contributed by atoms with E-state index in [0.717, 1.165) is 23.5 Å². The summed E-state index contributed by atoms with van der Waals surface area (Å²) in [5.74, 6) is 1.04. The molecule has 0 aliphatic heterocycles. The van der Waals surface area contributed by atoms with E-state index in [4.69, 9.17) is 5.73 Å². The van der Waals surface area contributed by atoms with E-state index >= 15 is 0 Å². The topological polar surface area (TPSA) is 64.7 Å². The predicted octanol–water partition coefficient (Wildman–Crippen LogP) is 1.99. The molecule has 4 nitrogen and oxygen atoms in total. The van der Waals surface area contributed by atoms with Crippen LogP contribution < -0.4 is 5.73 Å². The van der Waals surface area contributed by atoms with E-state index in [0.29, 0.717) is 6.54 Å². The fourth-order valence-corrected chi connectivity index (χ4v) is 1.70. The van der Waals surface area contributed by atoms with E-state index in [1.54, 1.807) is 18.6 Å². The first-order valence-corrected chi connectivity index (χ1v) is 5.78. The molecule has 0 saturated heterocycles. The van der Waals surface area contributed by atoms with E-state index in [-0.39, 0.29) is 5.92 Å². The summed E-state index contributed by atoms with van der Waals surface area (Å²) in [5.41, 5.74) is 7.61. The van der Waals surface area contributed by atoms with Crippen LogP contribution >= 0.6 is 0 Å². The molecule has 0 bridgehead atoms. The zero-order valence-electron chi connectivity index (χ0n) is 9.87. The van der Waals surface area contributed by atoms with Gasteiger partial charge in [0.05, 0.1) is 5.69 Å². The SMILES string of the molecule is CCC(CN)c1nccc(-c2cccnc2)n1. The third kappa shape index (κ3) is 2.65. The highest BCUT2D eigenvalue weighted by Crippen LogP contribution is 2.19. The van der Waals surface area contributed by atoms with Gasteiger partial charge in [-0.1, -0.05) is 6.92 Å². The molecule has 0 radical (unpaired) electrons. The number of pyridine rings is 1. The summed E-state index contributed by atoms with van der Waals surface area (Å²) in [6.45, 7) is 2.67. The van der Waals surface area contributed by atoms with Crippen molar-refractivity contribution >= 4 is 0 Å². The van der Waals surface area contributed by atoms with Gasteiger partial charge < -0.3 is 5.73 Å². The molecule has 4 heteroatoms. The van der Waals surface area contributed by atoms with E-state index in [1.807, 2.05) is 18.2 Å². The lowest BCUT2D eigenvalue weighted by atomic mass is 10.1. The van der Waals surface area contributed by atoms with Crippen LogP contribution in [0.3, 0.4) is 0 Å². The first-order valence-electron chi connectivity index (χ1n) is 5.78. The van der Waals surface area contributed by atoms with Crippen molar-refractivity contribution in [3.8, 4) is 11.3 Å². The van der Waals surface area contributed by atoms with Gasteiger partial charge in [0.2, 0.25) is 0 Å². The summed E-state index contributed by atoms with van der Waals surface area (Å²) in [7, 11) is 0. The maximum atomic E-state index is 5.71. The zero-order valence-corrected chi connectivity index (χ0v) is 9.87. The largest absolute Gasteiger partial charge is 0.330 e. The Balaban J connectivity index is 2.35. The van der Waals surface area contributed by atoms with Crippen molar-refractivity contribution in [3.05, 3.63) is 42.6 Å². The zero-order chi connectivity index (χ0) is 12.1. The fourth-order valence-electron chi connectivity index (χ4n) is 1.70. The van der Waals surface area contributed by atoms with Gasteiger partial charge in [-0.2, -0.15) is 0 Å². The highest BCUT2D eigenvalue weighted by molar-refractivity contribution is 5.56. The van der Waals surface area contributed by atoms with E-state index in [9.17, 15) is 0 Å². The van der Waals surface area contributed by atoms with Crippen molar-refractivity contribution in [2.75, 3.05) is 6.54 Å². The molecule has 0 amide bonds. The van der Waals surface area contributed by atoms with Crippen LogP contribution in [0.25, 0.3) is 11.3 Å².